The van der Waals surface area contributed by atoms with Gasteiger partial charge in [-0.05, 0) is 35.4 Å². The molecule has 2 rings (SSSR count). The molecule has 0 radical (unpaired) electrons. The van der Waals surface area contributed by atoms with Crippen LogP contribution in [0.5, 0.6) is 5.75 Å². The van der Waals surface area contributed by atoms with Crippen LogP contribution in [0.15, 0.2) is 58.7 Å². The molecule has 2 aromatic rings. The molecule has 7 heteroatoms. The molecule has 0 bridgehead atoms. The highest BCUT2D eigenvalue weighted by atomic mass is 35.5. The fraction of sp³-hybridized carbons (Fsp3) is 0.0667. The smallest absolute Gasteiger partial charge is 0.211 e. The van der Waals surface area contributed by atoms with Gasteiger partial charge in [-0.2, -0.15) is 5.10 Å². The molecule has 0 saturated carbocycles. The summed E-state index contributed by atoms with van der Waals surface area (Å²) in [5.74, 6) is 0.642. The van der Waals surface area contributed by atoms with E-state index < -0.39 is 0 Å². The molecule has 0 fully saturated rings. The molecule has 0 aromatic heterocycles. The van der Waals surface area contributed by atoms with E-state index in [9.17, 15) is 0 Å². The topological polar surface area (TPSA) is 86.0 Å². The minimum atomic E-state index is -0.0837. The summed E-state index contributed by atoms with van der Waals surface area (Å²) < 4.78 is 5.71. The van der Waals surface area contributed by atoms with Gasteiger partial charge in [0.2, 0.25) is 5.96 Å². The Balaban J connectivity index is 0.00000242. The van der Waals surface area contributed by atoms with Crippen molar-refractivity contribution in [2.75, 3.05) is 0 Å². The molecular formula is C15H16Cl2N4O. The van der Waals surface area contributed by atoms with Crippen molar-refractivity contribution in [2.45, 2.75) is 6.61 Å². The van der Waals surface area contributed by atoms with Gasteiger partial charge in [0.1, 0.15) is 12.4 Å². The Labute approximate surface area is 140 Å². The van der Waals surface area contributed by atoms with E-state index >= 15 is 0 Å². The monoisotopic (exact) mass is 338 g/mol. The summed E-state index contributed by atoms with van der Waals surface area (Å²) in [7, 11) is 0. The fourth-order valence-corrected chi connectivity index (χ4v) is 1.85. The van der Waals surface area contributed by atoms with Crippen molar-refractivity contribution >= 4 is 36.2 Å². The lowest BCUT2D eigenvalue weighted by Crippen LogP contribution is -2.21. The van der Waals surface area contributed by atoms with Gasteiger partial charge in [0, 0.05) is 5.02 Å². The fourth-order valence-electron chi connectivity index (χ4n) is 1.64. The molecular weight excluding hydrogens is 323 g/mol. The summed E-state index contributed by atoms with van der Waals surface area (Å²) in [5, 5.41) is 7.98. The van der Waals surface area contributed by atoms with E-state index in [1.807, 2.05) is 48.5 Å². The first-order valence-corrected chi connectivity index (χ1v) is 6.60. The van der Waals surface area contributed by atoms with Gasteiger partial charge in [-0.15, -0.1) is 17.5 Å². The zero-order valence-corrected chi connectivity index (χ0v) is 13.2. The lowest BCUT2D eigenvalue weighted by Gasteiger charge is -2.07. The summed E-state index contributed by atoms with van der Waals surface area (Å²) in [4.78, 5) is 0. The number of hydrogen-bond acceptors (Lipinski definition) is 3. The molecule has 0 aliphatic rings. The first-order chi connectivity index (χ1) is 10.1. The molecule has 0 heterocycles. The summed E-state index contributed by atoms with van der Waals surface area (Å²) in [6.07, 6.45) is 1.55. The highest BCUT2D eigenvalue weighted by molar-refractivity contribution is 6.30. The standard InChI is InChI=1S/C15H15ClN4O.ClH/c16-13-5-1-4-12(7-13)10-21-14-6-2-3-11(8-14)9-19-20-15(17)18;/h1-9H,10H2,(H4,17,18,20);1H. The molecule has 116 valence electrons. The normalized spacial score (nSPS) is 10.0. The van der Waals surface area contributed by atoms with Gasteiger partial charge in [0.15, 0.2) is 0 Å². The van der Waals surface area contributed by atoms with E-state index in [0.717, 1.165) is 16.9 Å². The Kier molecular flexibility index (Phi) is 7.22. The average Bonchev–Trinajstić information content (AvgIpc) is 2.45. The molecule has 0 aliphatic heterocycles. The van der Waals surface area contributed by atoms with Crippen LogP contribution in [0.2, 0.25) is 5.02 Å². The maximum Gasteiger partial charge on any atom is 0.211 e. The first-order valence-electron chi connectivity index (χ1n) is 6.23. The van der Waals surface area contributed by atoms with Crippen LogP contribution in [0.25, 0.3) is 0 Å². The van der Waals surface area contributed by atoms with E-state index in [1.54, 1.807) is 6.21 Å². The van der Waals surface area contributed by atoms with Gasteiger partial charge in [-0.1, -0.05) is 35.9 Å². The summed E-state index contributed by atoms with van der Waals surface area (Å²) in [6.45, 7) is 0.440. The predicted molar refractivity (Wildman–Crippen MR) is 92.9 cm³/mol. The molecule has 4 N–H and O–H groups in total. The molecule has 5 nitrogen and oxygen atoms in total. The molecule has 22 heavy (non-hydrogen) atoms. The first kappa shape index (κ1) is 17.8. The minimum Gasteiger partial charge on any atom is -0.489 e. The second-order valence-electron chi connectivity index (χ2n) is 4.26. The van der Waals surface area contributed by atoms with Crippen LogP contribution in [0, 0.1) is 0 Å². The van der Waals surface area contributed by atoms with Gasteiger partial charge in [-0.3, -0.25) is 0 Å². The van der Waals surface area contributed by atoms with Crippen LogP contribution in [-0.4, -0.2) is 12.2 Å². The van der Waals surface area contributed by atoms with Gasteiger partial charge in [0.05, 0.1) is 6.21 Å². The summed E-state index contributed by atoms with van der Waals surface area (Å²) in [5.41, 5.74) is 12.2. The van der Waals surface area contributed by atoms with Crippen molar-refractivity contribution in [1.29, 1.82) is 0 Å². The Hall–Kier alpha value is -2.24. The highest BCUT2D eigenvalue weighted by Gasteiger charge is 1.98. The van der Waals surface area contributed by atoms with E-state index in [1.165, 1.54) is 0 Å². The van der Waals surface area contributed by atoms with Crippen molar-refractivity contribution in [3.8, 4) is 5.75 Å². The predicted octanol–water partition coefficient (Wildman–Crippen LogP) is 2.95. The van der Waals surface area contributed by atoms with Crippen LogP contribution in [0.3, 0.4) is 0 Å². The van der Waals surface area contributed by atoms with Crippen molar-refractivity contribution in [2.24, 2.45) is 21.7 Å². The summed E-state index contributed by atoms with van der Waals surface area (Å²) >= 11 is 5.93. The molecule has 0 amide bonds. The maximum atomic E-state index is 5.93. The number of nitrogens with zero attached hydrogens (tertiary/aromatic N) is 2. The molecule has 0 saturated heterocycles. The van der Waals surface area contributed by atoms with Crippen LogP contribution in [-0.2, 0) is 6.61 Å². The zero-order valence-electron chi connectivity index (χ0n) is 11.6. The third kappa shape index (κ3) is 6.03. The molecule has 0 unspecified atom stereocenters. The minimum absolute atomic E-state index is 0. The van der Waals surface area contributed by atoms with E-state index in [4.69, 9.17) is 27.8 Å². The van der Waals surface area contributed by atoms with Crippen LogP contribution >= 0.6 is 24.0 Å². The Bertz CT molecular complexity index is 670. The molecule has 0 aliphatic carbocycles. The maximum absolute atomic E-state index is 5.93. The Morgan fingerprint density at radius 1 is 1.14 bits per heavy atom. The highest BCUT2D eigenvalue weighted by Crippen LogP contribution is 2.16. The number of guanidine groups is 1. The average molecular weight is 339 g/mol. The third-order valence-corrected chi connectivity index (χ3v) is 2.77. The third-order valence-electron chi connectivity index (χ3n) is 2.53. The van der Waals surface area contributed by atoms with Gasteiger partial charge < -0.3 is 16.2 Å². The van der Waals surface area contributed by atoms with Crippen molar-refractivity contribution in [1.82, 2.24) is 0 Å². The van der Waals surface area contributed by atoms with E-state index in [2.05, 4.69) is 10.2 Å². The largest absolute Gasteiger partial charge is 0.489 e. The zero-order chi connectivity index (χ0) is 15.1. The van der Waals surface area contributed by atoms with E-state index in [0.29, 0.717) is 11.6 Å². The van der Waals surface area contributed by atoms with Crippen LogP contribution in [0.4, 0.5) is 0 Å². The molecule has 0 atom stereocenters. The number of hydrogen-bond donors (Lipinski definition) is 2. The number of nitrogens with two attached hydrogens (primary N) is 2. The van der Waals surface area contributed by atoms with Crippen LogP contribution < -0.4 is 16.2 Å². The SMILES string of the molecule is Cl.NC(N)=NN=Cc1cccc(OCc2cccc(Cl)c2)c1. The number of ether oxygens (including phenoxy) is 1. The van der Waals surface area contributed by atoms with Gasteiger partial charge >= 0.3 is 0 Å². The second-order valence-corrected chi connectivity index (χ2v) is 4.70. The van der Waals surface area contributed by atoms with Crippen molar-refractivity contribution < 1.29 is 4.74 Å². The Morgan fingerprint density at radius 2 is 1.91 bits per heavy atom. The second kappa shape index (κ2) is 8.92. The Morgan fingerprint density at radius 3 is 2.64 bits per heavy atom. The van der Waals surface area contributed by atoms with Crippen LogP contribution in [0.1, 0.15) is 11.1 Å². The number of halogens is 2. The van der Waals surface area contributed by atoms with E-state index in [-0.39, 0.29) is 18.4 Å². The molecule has 0 spiro atoms. The number of rotatable bonds is 5. The van der Waals surface area contributed by atoms with Crippen molar-refractivity contribution in [3.63, 3.8) is 0 Å². The van der Waals surface area contributed by atoms with Gasteiger partial charge in [-0.25, -0.2) is 0 Å². The summed E-state index contributed by atoms with van der Waals surface area (Å²) in [6, 6.07) is 15.0. The lowest BCUT2D eigenvalue weighted by atomic mass is 10.2. The molecule has 2 aromatic carbocycles. The van der Waals surface area contributed by atoms with Gasteiger partial charge in [0.25, 0.3) is 0 Å². The van der Waals surface area contributed by atoms with Crippen molar-refractivity contribution in [3.05, 3.63) is 64.7 Å². The number of benzene rings is 2. The lowest BCUT2D eigenvalue weighted by molar-refractivity contribution is 0.306. The quantitative estimate of drug-likeness (QED) is 0.499.